The van der Waals surface area contributed by atoms with Gasteiger partial charge in [0.05, 0.1) is 22.5 Å². The highest BCUT2D eigenvalue weighted by atomic mass is 35.5. The second-order valence-electron chi connectivity index (χ2n) is 4.64. The molecule has 3 aromatic rings. The number of hydrogen-bond donors (Lipinski definition) is 0. The van der Waals surface area contributed by atoms with Crippen molar-refractivity contribution in [1.29, 1.82) is 0 Å². The fourth-order valence-corrected chi connectivity index (χ4v) is 3.18. The average Bonchev–Trinajstić information content (AvgIpc) is 2.78. The van der Waals surface area contributed by atoms with Crippen LogP contribution in [0.2, 0.25) is 15.1 Å². The summed E-state index contributed by atoms with van der Waals surface area (Å²) in [6, 6.07) is 7.00. The maximum atomic E-state index is 6.34. The van der Waals surface area contributed by atoms with Gasteiger partial charge < -0.3 is 0 Å². The van der Waals surface area contributed by atoms with Crippen LogP contribution in [0.1, 0.15) is 5.69 Å². The monoisotopic (exact) mass is 371 g/mol. The Morgan fingerprint density at radius 2 is 1.86 bits per heavy atom. The Labute approximate surface area is 147 Å². The zero-order valence-electron chi connectivity index (χ0n) is 11.3. The van der Waals surface area contributed by atoms with E-state index in [2.05, 4.69) is 10.1 Å². The molecule has 0 saturated heterocycles. The number of pyridine rings is 1. The third-order valence-corrected chi connectivity index (χ3v) is 4.07. The lowest BCUT2D eigenvalue weighted by Crippen LogP contribution is -1.96. The minimum Gasteiger partial charge on any atom is -0.254 e. The maximum absolute atomic E-state index is 6.34. The Morgan fingerprint density at radius 1 is 1.09 bits per heavy atom. The Hall–Kier alpha value is -1.000. The van der Waals surface area contributed by atoms with Gasteiger partial charge in [-0.15, -0.1) is 11.6 Å². The van der Waals surface area contributed by atoms with Gasteiger partial charge in [0.15, 0.2) is 0 Å². The summed E-state index contributed by atoms with van der Waals surface area (Å²) in [5.74, 6) is 1.36. The molecule has 0 aliphatic carbocycles. The summed E-state index contributed by atoms with van der Waals surface area (Å²) in [7, 11) is 0. The number of nitrogens with zero attached hydrogens (tertiary/aromatic N) is 3. The summed E-state index contributed by atoms with van der Waals surface area (Å²) in [5.41, 5.74) is 3.47. The van der Waals surface area contributed by atoms with Crippen LogP contribution in [0.4, 0.5) is 0 Å². The fourth-order valence-electron chi connectivity index (χ4n) is 2.24. The predicted octanol–water partition coefficient (Wildman–Crippen LogP) is 5.78. The van der Waals surface area contributed by atoms with Crippen molar-refractivity contribution >= 4 is 57.4 Å². The van der Waals surface area contributed by atoms with Gasteiger partial charge in [-0.3, -0.25) is 4.68 Å². The quantitative estimate of drug-likeness (QED) is 0.583. The van der Waals surface area contributed by atoms with Gasteiger partial charge in [-0.1, -0.05) is 34.8 Å². The third kappa shape index (κ3) is 2.79. The zero-order valence-corrected chi connectivity index (χ0v) is 14.3. The summed E-state index contributed by atoms with van der Waals surface area (Å²) in [6.45, 7) is 3.47. The molecular weight excluding hydrogens is 364 g/mol. The van der Waals surface area contributed by atoms with Gasteiger partial charge in [-0.2, -0.15) is 5.10 Å². The van der Waals surface area contributed by atoms with Crippen molar-refractivity contribution < 1.29 is 0 Å². The molecule has 0 N–H and O–H groups in total. The highest BCUT2D eigenvalue weighted by Gasteiger charge is 2.19. The molecule has 1 aromatic carbocycles. The Balaban J connectivity index is 2.34. The van der Waals surface area contributed by atoms with E-state index in [1.807, 2.05) is 6.92 Å². The minimum atomic E-state index is 0.494. The topological polar surface area (TPSA) is 30.7 Å². The lowest BCUT2D eigenvalue weighted by Gasteiger charge is -2.02. The molecule has 7 heteroatoms. The first kappa shape index (κ1) is 15.9. The van der Waals surface area contributed by atoms with E-state index in [0.717, 1.165) is 11.3 Å². The normalized spacial score (nSPS) is 11.3. The number of fused-ring (bicyclic) bond motifs is 1. The van der Waals surface area contributed by atoms with Crippen LogP contribution >= 0.6 is 46.4 Å². The van der Waals surface area contributed by atoms with Crippen LogP contribution in [0.3, 0.4) is 0 Å². The van der Waals surface area contributed by atoms with E-state index in [9.17, 15) is 0 Å². The van der Waals surface area contributed by atoms with Gasteiger partial charge in [-0.05, 0) is 31.2 Å². The first-order chi connectivity index (χ1) is 10.5. The average molecular weight is 373 g/mol. The van der Waals surface area contributed by atoms with Gasteiger partial charge in [0, 0.05) is 16.3 Å². The standard InChI is InChI=1S/C15H9Cl4N3/c1-8-6-12(19)15-14(20-8)13(21-22(15)5-4-16)10-3-2-9(17)7-11(10)18/h2-7H,1H3. The Morgan fingerprint density at radius 3 is 2.55 bits per heavy atom. The molecule has 0 fully saturated rings. The van der Waals surface area contributed by atoms with Crippen molar-refractivity contribution in [2.45, 2.75) is 6.92 Å². The molecule has 2 radical (unpaired) electrons. The summed E-state index contributed by atoms with van der Waals surface area (Å²) in [5, 5.41) is 6.11. The van der Waals surface area contributed by atoms with Crippen LogP contribution < -0.4 is 0 Å². The fraction of sp³-hybridized carbons (Fsp3) is 0.0667. The number of rotatable bonds is 3. The highest BCUT2D eigenvalue weighted by molar-refractivity contribution is 6.37. The van der Waals surface area contributed by atoms with Gasteiger partial charge in [0.2, 0.25) is 0 Å². The molecule has 0 bridgehead atoms. The maximum Gasteiger partial charge on any atom is 0.120 e. The predicted molar refractivity (Wildman–Crippen MR) is 92.6 cm³/mol. The van der Waals surface area contributed by atoms with Crippen LogP contribution in [0.15, 0.2) is 24.3 Å². The highest BCUT2D eigenvalue weighted by Crippen LogP contribution is 2.36. The molecule has 0 amide bonds. The van der Waals surface area contributed by atoms with Crippen molar-refractivity contribution in [3.8, 4) is 11.3 Å². The summed E-state index contributed by atoms with van der Waals surface area (Å²) in [4.78, 5) is 4.54. The molecule has 22 heavy (non-hydrogen) atoms. The molecule has 0 atom stereocenters. The van der Waals surface area contributed by atoms with E-state index >= 15 is 0 Å². The first-order valence-corrected chi connectivity index (χ1v) is 7.86. The molecule has 0 unspecified atom stereocenters. The molecule has 3 nitrogen and oxygen atoms in total. The number of benzene rings is 1. The zero-order chi connectivity index (χ0) is 15.9. The van der Waals surface area contributed by atoms with Crippen molar-refractivity contribution in [1.82, 2.24) is 14.8 Å². The van der Waals surface area contributed by atoms with Crippen molar-refractivity contribution in [3.63, 3.8) is 0 Å². The molecule has 0 aliphatic heterocycles. The molecule has 2 aromatic heterocycles. The van der Waals surface area contributed by atoms with Crippen molar-refractivity contribution in [3.05, 3.63) is 57.5 Å². The van der Waals surface area contributed by atoms with Crippen LogP contribution in [-0.2, 0) is 0 Å². The number of aromatic nitrogens is 3. The first-order valence-electron chi connectivity index (χ1n) is 6.29. The molecule has 0 saturated carbocycles. The van der Waals surface area contributed by atoms with E-state index in [0.29, 0.717) is 31.8 Å². The van der Waals surface area contributed by atoms with Gasteiger partial charge in [0.1, 0.15) is 16.7 Å². The number of halogens is 4. The van der Waals surface area contributed by atoms with Crippen LogP contribution in [0.5, 0.6) is 0 Å². The van der Waals surface area contributed by atoms with Gasteiger partial charge >= 0.3 is 0 Å². The Kier molecular flexibility index (Phi) is 4.51. The van der Waals surface area contributed by atoms with Crippen molar-refractivity contribution in [2.24, 2.45) is 0 Å². The van der Waals surface area contributed by atoms with Crippen molar-refractivity contribution in [2.75, 3.05) is 0 Å². The molecule has 3 rings (SSSR count). The molecule has 0 aliphatic rings. The van der Waals surface area contributed by atoms with Crippen LogP contribution in [0.25, 0.3) is 22.3 Å². The lowest BCUT2D eigenvalue weighted by molar-refractivity contribution is 0.861. The van der Waals surface area contributed by atoms with E-state index in [4.69, 9.17) is 46.4 Å². The van der Waals surface area contributed by atoms with Crippen LogP contribution in [0, 0.1) is 19.3 Å². The van der Waals surface area contributed by atoms with E-state index < -0.39 is 0 Å². The molecular formula is C15H9Cl4N3. The summed E-state index contributed by atoms with van der Waals surface area (Å²) < 4.78 is 1.58. The van der Waals surface area contributed by atoms with E-state index in [1.165, 1.54) is 5.88 Å². The second-order valence-corrected chi connectivity index (χ2v) is 6.14. The lowest BCUT2D eigenvalue weighted by atomic mass is 10.1. The number of aryl methyl sites for hydroxylation is 1. The van der Waals surface area contributed by atoms with E-state index in [1.54, 1.807) is 35.5 Å². The molecule has 0 spiro atoms. The smallest absolute Gasteiger partial charge is 0.120 e. The summed E-state index contributed by atoms with van der Waals surface area (Å²) in [6.07, 6.45) is 0. The van der Waals surface area contributed by atoms with E-state index in [-0.39, 0.29) is 0 Å². The number of hydrogen-bond acceptors (Lipinski definition) is 2. The van der Waals surface area contributed by atoms with Gasteiger partial charge in [0.25, 0.3) is 0 Å². The minimum absolute atomic E-state index is 0.494. The third-order valence-electron chi connectivity index (χ3n) is 3.12. The summed E-state index contributed by atoms with van der Waals surface area (Å²) >= 11 is 24.3. The Bertz CT molecular complexity index is 858. The molecule has 2 heterocycles. The second kappa shape index (κ2) is 6.25. The van der Waals surface area contributed by atoms with Crippen LogP contribution in [-0.4, -0.2) is 14.8 Å². The largest absolute Gasteiger partial charge is 0.254 e. The van der Waals surface area contributed by atoms with Gasteiger partial charge in [-0.25, -0.2) is 4.98 Å². The SMILES string of the molecule is Cc1cc(Cl)c2c(n1)c(-c1ccc(Cl)cc1Cl)nn2[CH][CH]Cl. The molecule has 112 valence electrons.